The SMILES string of the molecule is C=C(C)c1ccc(C2=C(CNC(=O)CS(C)(=O)=O)C(=O)N[C@](c3ccc(OCCCC(F)(F)F)cc3)(C(F)(F)F)C2)nc1. The van der Waals surface area contributed by atoms with Crippen molar-refractivity contribution in [3.8, 4) is 5.75 Å². The highest BCUT2D eigenvalue weighted by atomic mass is 32.2. The number of amides is 2. The molecule has 1 atom stereocenters. The molecule has 0 spiro atoms. The molecular weight excluding hydrogens is 604 g/mol. The average Bonchev–Trinajstić information content (AvgIpc) is 2.88. The van der Waals surface area contributed by atoms with Crippen LogP contribution in [0.2, 0.25) is 0 Å². The van der Waals surface area contributed by atoms with Crippen LogP contribution in [0.25, 0.3) is 11.1 Å². The van der Waals surface area contributed by atoms with E-state index in [-0.39, 0.29) is 41.2 Å². The first-order valence-corrected chi connectivity index (χ1v) is 14.9. The minimum absolute atomic E-state index is 0.0189. The van der Waals surface area contributed by atoms with Crippen LogP contribution in [-0.2, 0) is 25.0 Å². The number of alkyl halides is 6. The maximum Gasteiger partial charge on any atom is 0.416 e. The fourth-order valence-electron chi connectivity index (χ4n) is 4.36. The summed E-state index contributed by atoms with van der Waals surface area (Å²) in [5, 5.41) is 4.30. The molecule has 0 aliphatic carbocycles. The molecule has 1 aromatic carbocycles. The predicted molar refractivity (Wildman–Crippen MR) is 146 cm³/mol. The Hall–Kier alpha value is -3.88. The van der Waals surface area contributed by atoms with Crippen LogP contribution in [0, 0.1) is 0 Å². The van der Waals surface area contributed by atoms with E-state index in [1.807, 2.05) is 5.32 Å². The van der Waals surface area contributed by atoms with Gasteiger partial charge in [0.05, 0.1) is 12.3 Å². The van der Waals surface area contributed by atoms with E-state index in [0.29, 0.717) is 11.1 Å². The topological polar surface area (TPSA) is 114 Å². The lowest BCUT2D eigenvalue weighted by Gasteiger charge is -2.41. The number of allylic oxidation sites excluding steroid dienone is 1. The Labute approximate surface area is 244 Å². The number of ether oxygens (including phenoxy) is 1. The summed E-state index contributed by atoms with van der Waals surface area (Å²) >= 11 is 0. The lowest BCUT2D eigenvalue weighted by molar-refractivity contribution is -0.201. The van der Waals surface area contributed by atoms with Crippen molar-refractivity contribution in [2.75, 3.05) is 25.2 Å². The molecule has 0 fully saturated rings. The Balaban J connectivity index is 2.01. The summed E-state index contributed by atoms with van der Waals surface area (Å²) in [4.78, 5) is 29.7. The molecule has 0 bridgehead atoms. The molecule has 2 aromatic rings. The molecule has 0 saturated heterocycles. The second-order valence-electron chi connectivity index (χ2n) is 10.1. The van der Waals surface area contributed by atoms with Crippen molar-refractivity contribution >= 4 is 32.8 Å². The van der Waals surface area contributed by atoms with Gasteiger partial charge in [0, 0.05) is 37.4 Å². The van der Waals surface area contributed by atoms with Crippen LogP contribution < -0.4 is 15.4 Å². The third-order valence-corrected chi connectivity index (χ3v) is 7.32. The Bertz CT molecular complexity index is 1500. The molecule has 1 aliphatic rings. The van der Waals surface area contributed by atoms with Gasteiger partial charge in [-0.1, -0.05) is 24.8 Å². The number of carbonyl (C=O) groups excluding carboxylic acids is 2. The molecule has 8 nitrogen and oxygen atoms in total. The minimum Gasteiger partial charge on any atom is -0.494 e. The van der Waals surface area contributed by atoms with Crippen LogP contribution in [0.3, 0.4) is 0 Å². The van der Waals surface area contributed by atoms with Gasteiger partial charge in [0.2, 0.25) is 11.8 Å². The Morgan fingerprint density at radius 3 is 2.28 bits per heavy atom. The van der Waals surface area contributed by atoms with Gasteiger partial charge in [-0.05, 0) is 53.8 Å². The fourth-order valence-corrected chi connectivity index (χ4v) is 4.94. The molecule has 1 aromatic heterocycles. The van der Waals surface area contributed by atoms with E-state index in [0.717, 1.165) is 30.5 Å². The molecule has 0 radical (unpaired) electrons. The van der Waals surface area contributed by atoms with Gasteiger partial charge in [0.1, 0.15) is 11.5 Å². The van der Waals surface area contributed by atoms with Crippen LogP contribution >= 0.6 is 0 Å². The largest absolute Gasteiger partial charge is 0.494 e. The van der Waals surface area contributed by atoms with Gasteiger partial charge >= 0.3 is 12.4 Å². The van der Waals surface area contributed by atoms with Crippen molar-refractivity contribution in [1.29, 1.82) is 0 Å². The van der Waals surface area contributed by atoms with Crippen molar-refractivity contribution in [3.63, 3.8) is 0 Å². The molecule has 234 valence electrons. The first kappa shape index (κ1) is 33.6. The van der Waals surface area contributed by atoms with E-state index in [1.54, 1.807) is 13.0 Å². The van der Waals surface area contributed by atoms with E-state index in [9.17, 15) is 44.3 Å². The summed E-state index contributed by atoms with van der Waals surface area (Å²) in [6.07, 6.45) is -9.49. The first-order valence-electron chi connectivity index (χ1n) is 12.8. The molecule has 15 heteroatoms. The molecule has 0 unspecified atom stereocenters. The average molecular weight is 634 g/mol. The molecular formula is C28H29F6N3O5S. The lowest BCUT2D eigenvalue weighted by atomic mass is 9.77. The third kappa shape index (κ3) is 8.81. The summed E-state index contributed by atoms with van der Waals surface area (Å²) in [6.45, 7) is 4.60. The second-order valence-corrected chi connectivity index (χ2v) is 12.3. The van der Waals surface area contributed by atoms with Crippen molar-refractivity contribution in [2.45, 2.75) is 44.1 Å². The number of rotatable bonds is 11. The number of carbonyl (C=O) groups is 2. The zero-order valence-electron chi connectivity index (χ0n) is 23.2. The Kier molecular flexibility index (Phi) is 9.99. The van der Waals surface area contributed by atoms with Gasteiger partial charge in [-0.3, -0.25) is 14.6 Å². The first-order chi connectivity index (χ1) is 19.8. The normalized spacial score (nSPS) is 17.8. The number of hydrogen-bond donors (Lipinski definition) is 2. The number of sulfone groups is 1. The zero-order chi connectivity index (χ0) is 32.2. The number of hydrogen-bond acceptors (Lipinski definition) is 6. The smallest absolute Gasteiger partial charge is 0.416 e. The fraction of sp³-hybridized carbons (Fsp3) is 0.393. The summed E-state index contributed by atoms with van der Waals surface area (Å²) < 4.78 is 110. The molecule has 3 rings (SSSR count). The van der Waals surface area contributed by atoms with Crippen LogP contribution in [0.5, 0.6) is 5.75 Å². The van der Waals surface area contributed by atoms with E-state index >= 15 is 0 Å². The van der Waals surface area contributed by atoms with Crippen molar-refractivity contribution in [3.05, 3.63) is 71.6 Å². The molecule has 2 heterocycles. The highest BCUT2D eigenvalue weighted by Gasteiger charge is 2.59. The summed E-state index contributed by atoms with van der Waals surface area (Å²) in [5.74, 6) is -2.98. The maximum atomic E-state index is 14.9. The van der Waals surface area contributed by atoms with Gasteiger partial charge in [-0.15, -0.1) is 0 Å². The summed E-state index contributed by atoms with van der Waals surface area (Å²) in [7, 11) is -3.72. The molecule has 2 N–H and O–H groups in total. The predicted octanol–water partition coefficient (Wildman–Crippen LogP) is 4.73. The van der Waals surface area contributed by atoms with Crippen molar-refractivity contribution in [2.24, 2.45) is 0 Å². The molecule has 0 saturated carbocycles. The number of nitrogens with zero attached hydrogens (tertiary/aromatic N) is 1. The van der Waals surface area contributed by atoms with Crippen LogP contribution in [0.15, 0.2) is 54.7 Å². The van der Waals surface area contributed by atoms with Gasteiger partial charge in [0.25, 0.3) is 0 Å². The third-order valence-electron chi connectivity index (χ3n) is 6.53. The standard InChI is InChI=1S/C28H29F6N3O5S/c1-17(2)18-5-10-23(35-14-18)21-13-26(28(32,33)34,37-25(39)22(21)15-36-24(38)16-43(3,40)41)19-6-8-20(9-7-19)42-12-4-11-27(29,30)31/h5-10,14H,1,4,11-13,15-16H2,2-3H3,(H,36,38)(H,37,39)/t26-/m1/s1. The van der Waals surface area contributed by atoms with Gasteiger partial charge in [-0.25, -0.2) is 8.42 Å². The maximum absolute atomic E-state index is 14.9. The van der Waals surface area contributed by atoms with E-state index < -0.39 is 64.7 Å². The number of halogens is 6. The van der Waals surface area contributed by atoms with Gasteiger partial charge < -0.3 is 15.4 Å². The second kappa shape index (κ2) is 12.8. The number of aromatic nitrogens is 1. The van der Waals surface area contributed by atoms with E-state index in [4.69, 9.17) is 4.74 Å². The zero-order valence-corrected chi connectivity index (χ0v) is 24.0. The van der Waals surface area contributed by atoms with E-state index in [1.165, 1.54) is 12.3 Å². The summed E-state index contributed by atoms with van der Waals surface area (Å²) in [6, 6.07) is 7.40. The number of pyridine rings is 1. The van der Waals surface area contributed by atoms with Gasteiger partial charge in [0.15, 0.2) is 15.4 Å². The quantitative estimate of drug-likeness (QED) is 0.273. The van der Waals surface area contributed by atoms with Crippen molar-refractivity contribution in [1.82, 2.24) is 15.6 Å². The lowest BCUT2D eigenvalue weighted by Crippen LogP contribution is -2.59. The van der Waals surface area contributed by atoms with Crippen LogP contribution in [-0.4, -0.2) is 62.7 Å². The number of nitrogens with one attached hydrogen (secondary N) is 2. The minimum atomic E-state index is -5.05. The van der Waals surface area contributed by atoms with Gasteiger partial charge in [-0.2, -0.15) is 26.3 Å². The highest BCUT2D eigenvalue weighted by Crippen LogP contribution is 2.48. The summed E-state index contributed by atoms with van der Waals surface area (Å²) in [5.41, 5.74) is -2.47. The Morgan fingerprint density at radius 1 is 1.12 bits per heavy atom. The van der Waals surface area contributed by atoms with Crippen LogP contribution in [0.4, 0.5) is 26.3 Å². The number of benzene rings is 1. The monoisotopic (exact) mass is 633 g/mol. The molecule has 1 aliphatic heterocycles. The van der Waals surface area contributed by atoms with E-state index in [2.05, 4.69) is 16.9 Å². The molecule has 43 heavy (non-hydrogen) atoms. The Morgan fingerprint density at radius 2 is 1.77 bits per heavy atom. The van der Waals surface area contributed by atoms with Crippen LogP contribution in [0.1, 0.15) is 43.0 Å². The van der Waals surface area contributed by atoms with Crippen molar-refractivity contribution < 1.29 is 49.1 Å². The molecule has 2 amide bonds. The highest BCUT2D eigenvalue weighted by molar-refractivity contribution is 7.91.